The van der Waals surface area contributed by atoms with E-state index in [1.807, 2.05) is 0 Å². The van der Waals surface area contributed by atoms with Crippen molar-refractivity contribution in [3.8, 4) is 0 Å². The molecule has 0 spiro atoms. The van der Waals surface area contributed by atoms with Crippen LogP contribution in [0.3, 0.4) is 0 Å². The lowest BCUT2D eigenvalue weighted by Gasteiger charge is -2.58. The van der Waals surface area contributed by atoms with Gasteiger partial charge in [-0.1, -0.05) is 58.8 Å². The highest BCUT2D eigenvalue weighted by Crippen LogP contribution is 2.67. The topological polar surface area (TPSA) is 20.2 Å². The van der Waals surface area contributed by atoms with Crippen LogP contribution in [-0.4, -0.2) is 11.2 Å². The fourth-order valence-electron chi connectivity index (χ4n) is 8.84. The van der Waals surface area contributed by atoms with Crippen LogP contribution in [-0.2, 0) is 0 Å². The molecule has 0 aliphatic heterocycles. The van der Waals surface area contributed by atoms with Crippen LogP contribution in [0.2, 0.25) is 0 Å². The summed E-state index contributed by atoms with van der Waals surface area (Å²) in [6.45, 7) is 16.6. The third-order valence-electron chi connectivity index (χ3n) is 11.2. The van der Waals surface area contributed by atoms with Crippen LogP contribution in [0.15, 0.2) is 24.3 Å². The van der Waals surface area contributed by atoms with Crippen molar-refractivity contribution in [1.29, 1.82) is 0 Å². The first-order chi connectivity index (χ1) is 14.2. The van der Waals surface area contributed by atoms with Crippen LogP contribution < -0.4 is 0 Å². The van der Waals surface area contributed by atoms with Gasteiger partial charge in [0.25, 0.3) is 0 Å². The molecule has 4 rings (SSSR count). The van der Waals surface area contributed by atoms with Gasteiger partial charge < -0.3 is 5.11 Å². The summed E-state index contributed by atoms with van der Waals surface area (Å²) in [5, 5.41) is 10.2. The molecular formula is C29H48O. The van der Waals surface area contributed by atoms with Gasteiger partial charge in [-0.2, -0.15) is 0 Å². The molecule has 4 aliphatic carbocycles. The summed E-state index contributed by atoms with van der Waals surface area (Å²) >= 11 is 0. The molecular weight excluding hydrogens is 364 g/mol. The maximum Gasteiger partial charge on any atom is 0.0577 e. The Morgan fingerprint density at radius 3 is 2.57 bits per heavy atom. The molecule has 170 valence electrons. The van der Waals surface area contributed by atoms with Crippen molar-refractivity contribution in [3.63, 3.8) is 0 Å². The lowest BCUT2D eigenvalue weighted by molar-refractivity contribution is -0.0574. The van der Waals surface area contributed by atoms with Crippen molar-refractivity contribution in [3.05, 3.63) is 24.3 Å². The molecule has 0 aromatic heterocycles. The Bertz CT molecular complexity index is 663. The lowest BCUT2D eigenvalue weighted by atomic mass is 9.47. The molecule has 0 amide bonds. The second kappa shape index (κ2) is 8.42. The molecule has 30 heavy (non-hydrogen) atoms. The van der Waals surface area contributed by atoms with E-state index in [9.17, 15) is 5.11 Å². The van der Waals surface area contributed by atoms with Crippen molar-refractivity contribution in [1.82, 2.24) is 0 Å². The van der Waals surface area contributed by atoms with Gasteiger partial charge in [-0.05, 0) is 110 Å². The van der Waals surface area contributed by atoms with E-state index in [1.54, 1.807) is 5.57 Å². The minimum atomic E-state index is -0.0855. The Kier molecular flexibility index (Phi) is 6.35. The van der Waals surface area contributed by atoms with Crippen LogP contribution in [0.25, 0.3) is 0 Å². The standard InChI is InChI=1S/C29H48O/c1-7-19(2)20(3)8-9-21(4)25-12-13-26-24-11-10-22-18-23(30)14-16-28(22,5)27(24)15-17-29(25,26)6/h7,10,19-21,23-27,30H,1,8-9,11-18H2,2-6H3/t19?,20-,21?,23?,24?,25?,26?,27?,28?,29?/m1/s1. The maximum atomic E-state index is 10.2. The average Bonchev–Trinajstić information content (AvgIpc) is 3.09. The first-order valence-corrected chi connectivity index (χ1v) is 13.2. The number of aliphatic hydroxyl groups is 1. The molecule has 4 aliphatic rings. The molecule has 9 unspecified atom stereocenters. The zero-order chi connectivity index (χ0) is 21.7. The fraction of sp³-hybridized carbons (Fsp3) is 0.862. The predicted molar refractivity (Wildman–Crippen MR) is 128 cm³/mol. The monoisotopic (exact) mass is 412 g/mol. The summed E-state index contributed by atoms with van der Waals surface area (Å²) in [7, 11) is 0. The Hall–Kier alpha value is -0.560. The molecule has 0 saturated heterocycles. The van der Waals surface area contributed by atoms with Crippen LogP contribution in [0.1, 0.15) is 98.8 Å². The third-order valence-corrected chi connectivity index (χ3v) is 11.2. The first kappa shape index (κ1) is 22.6. The molecule has 0 bridgehead atoms. The zero-order valence-electron chi connectivity index (χ0n) is 20.5. The van der Waals surface area contributed by atoms with Gasteiger partial charge in [-0.25, -0.2) is 0 Å². The number of allylic oxidation sites excluding steroid dienone is 2. The number of hydrogen-bond acceptors (Lipinski definition) is 1. The molecule has 1 N–H and O–H groups in total. The van der Waals surface area contributed by atoms with E-state index in [1.165, 1.54) is 51.4 Å². The average molecular weight is 413 g/mol. The van der Waals surface area contributed by atoms with Crippen molar-refractivity contribution < 1.29 is 5.11 Å². The van der Waals surface area contributed by atoms with Gasteiger partial charge in [-0.3, -0.25) is 0 Å². The summed E-state index contributed by atoms with van der Waals surface area (Å²) < 4.78 is 0. The molecule has 1 heteroatoms. The molecule has 3 fully saturated rings. The van der Waals surface area contributed by atoms with E-state index in [4.69, 9.17) is 0 Å². The van der Waals surface area contributed by atoms with Gasteiger partial charge in [0.2, 0.25) is 0 Å². The van der Waals surface area contributed by atoms with Crippen molar-refractivity contribution in [2.24, 2.45) is 52.3 Å². The fourth-order valence-corrected chi connectivity index (χ4v) is 8.84. The second-order valence-electron chi connectivity index (χ2n) is 12.5. The van der Waals surface area contributed by atoms with E-state index in [0.29, 0.717) is 16.7 Å². The van der Waals surface area contributed by atoms with Gasteiger partial charge in [0.15, 0.2) is 0 Å². The van der Waals surface area contributed by atoms with Crippen molar-refractivity contribution >= 4 is 0 Å². The first-order valence-electron chi connectivity index (χ1n) is 13.2. The molecule has 3 saturated carbocycles. The van der Waals surface area contributed by atoms with Gasteiger partial charge in [0.05, 0.1) is 6.10 Å². The molecule has 0 heterocycles. The molecule has 0 aromatic carbocycles. The summed E-state index contributed by atoms with van der Waals surface area (Å²) in [6.07, 6.45) is 17.6. The minimum absolute atomic E-state index is 0.0855. The molecule has 0 radical (unpaired) electrons. The SMILES string of the molecule is C=CC(C)[C@H](C)CCC(C)C1CCC2C3CC=C4CC(O)CCC4(C)C3CCC12C. The lowest BCUT2D eigenvalue weighted by Crippen LogP contribution is -2.50. The largest absolute Gasteiger partial charge is 0.393 e. The molecule has 10 atom stereocenters. The zero-order valence-corrected chi connectivity index (χ0v) is 20.5. The summed E-state index contributed by atoms with van der Waals surface area (Å²) in [5.74, 6) is 5.85. The number of rotatable bonds is 6. The van der Waals surface area contributed by atoms with E-state index in [0.717, 1.165) is 48.3 Å². The predicted octanol–water partition coefficient (Wildman–Crippen LogP) is 7.80. The number of aliphatic hydroxyl groups excluding tert-OH is 1. The summed E-state index contributed by atoms with van der Waals surface area (Å²) in [4.78, 5) is 0. The minimum Gasteiger partial charge on any atom is -0.393 e. The second-order valence-corrected chi connectivity index (χ2v) is 12.5. The highest BCUT2D eigenvalue weighted by atomic mass is 16.3. The number of hydrogen-bond donors (Lipinski definition) is 1. The summed E-state index contributed by atoms with van der Waals surface area (Å²) in [6, 6.07) is 0. The summed E-state index contributed by atoms with van der Waals surface area (Å²) in [5.41, 5.74) is 2.55. The van der Waals surface area contributed by atoms with Crippen molar-refractivity contribution in [2.45, 2.75) is 105 Å². The number of fused-ring (bicyclic) bond motifs is 5. The van der Waals surface area contributed by atoms with E-state index in [2.05, 4.69) is 53.3 Å². The quantitative estimate of drug-likeness (QED) is 0.441. The Labute approximate surface area is 186 Å². The molecule has 1 nitrogen and oxygen atoms in total. The van der Waals surface area contributed by atoms with Gasteiger partial charge in [0.1, 0.15) is 0 Å². The van der Waals surface area contributed by atoms with Gasteiger partial charge in [-0.15, -0.1) is 6.58 Å². The van der Waals surface area contributed by atoms with E-state index < -0.39 is 0 Å². The van der Waals surface area contributed by atoms with Gasteiger partial charge in [0, 0.05) is 0 Å². The van der Waals surface area contributed by atoms with E-state index >= 15 is 0 Å². The Morgan fingerprint density at radius 1 is 1.07 bits per heavy atom. The highest BCUT2D eigenvalue weighted by Gasteiger charge is 2.59. The molecule has 0 aromatic rings. The third kappa shape index (κ3) is 3.66. The highest BCUT2D eigenvalue weighted by molar-refractivity contribution is 5.25. The Morgan fingerprint density at radius 2 is 1.83 bits per heavy atom. The van der Waals surface area contributed by atoms with Crippen molar-refractivity contribution in [2.75, 3.05) is 0 Å². The van der Waals surface area contributed by atoms with E-state index in [-0.39, 0.29) is 6.10 Å². The normalized spacial score (nSPS) is 46.1. The van der Waals surface area contributed by atoms with Gasteiger partial charge >= 0.3 is 0 Å². The van der Waals surface area contributed by atoms with Crippen LogP contribution >= 0.6 is 0 Å². The maximum absolute atomic E-state index is 10.2. The van der Waals surface area contributed by atoms with Crippen LogP contribution in [0.5, 0.6) is 0 Å². The van der Waals surface area contributed by atoms with Crippen LogP contribution in [0.4, 0.5) is 0 Å². The van der Waals surface area contributed by atoms with Crippen LogP contribution in [0, 0.1) is 52.3 Å². The Balaban J connectivity index is 1.47. The smallest absolute Gasteiger partial charge is 0.0577 e.